The van der Waals surface area contributed by atoms with Crippen LogP contribution in [0, 0.1) is 0 Å². The molecule has 0 N–H and O–H groups in total. The molecule has 1 aromatic rings. The maximum atomic E-state index is 5.02. The van der Waals surface area contributed by atoms with Crippen LogP contribution in [0.15, 0.2) is 48.0 Å². The lowest BCUT2D eigenvalue weighted by Gasteiger charge is -2.19. The van der Waals surface area contributed by atoms with E-state index in [1.54, 1.807) is 18.7 Å². The second kappa shape index (κ2) is 2.54. The predicted molar refractivity (Wildman–Crippen MR) is 53.4 cm³/mol. The summed E-state index contributed by atoms with van der Waals surface area (Å²) in [6.45, 7) is 0. The van der Waals surface area contributed by atoms with Crippen LogP contribution in [0.5, 0.6) is 0 Å². The van der Waals surface area contributed by atoms with Crippen LogP contribution in [-0.4, -0.2) is 11.2 Å². The average Bonchev–Trinajstić information content (AvgIpc) is 2.60. The zero-order valence-electron chi connectivity index (χ0n) is 7.42. The van der Waals surface area contributed by atoms with E-state index in [-0.39, 0.29) is 5.41 Å². The third-order valence-corrected chi connectivity index (χ3v) is 2.46. The monoisotopic (exact) mass is 184 g/mol. The molecule has 2 aliphatic heterocycles. The zero-order valence-corrected chi connectivity index (χ0v) is 7.42. The number of allylic oxidation sites excluding steroid dienone is 2. The Hall–Kier alpha value is -1.90. The number of rotatable bonds is 0. The fourth-order valence-corrected chi connectivity index (χ4v) is 1.72. The molecule has 3 rings (SSSR count). The number of ether oxygens (including phenoxy) is 1. The van der Waals surface area contributed by atoms with Crippen molar-refractivity contribution in [2.75, 3.05) is 0 Å². The molecule has 68 valence electrons. The maximum absolute atomic E-state index is 5.02. The van der Waals surface area contributed by atoms with Gasteiger partial charge in [0.2, 0.25) is 0 Å². The summed E-state index contributed by atoms with van der Waals surface area (Å²) in [5.74, 6) is 0. The Balaban J connectivity index is 2.21. The second-order valence-corrected chi connectivity index (χ2v) is 3.30. The van der Waals surface area contributed by atoms with Crippen molar-refractivity contribution in [2.24, 2.45) is 4.99 Å². The van der Waals surface area contributed by atoms with Crippen molar-refractivity contribution in [1.82, 2.24) is 4.98 Å². The van der Waals surface area contributed by atoms with E-state index in [0.717, 1.165) is 11.4 Å². The van der Waals surface area contributed by atoms with Crippen LogP contribution in [0.3, 0.4) is 0 Å². The van der Waals surface area contributed by atoms with Gasteiger partial charge in [-0.05, 0) is 24.3 Å². The quantitative estimate of drug-likeness (QED) is 0.618. The van der Waals surface area contributed by atoms with Crippen LogP contribution in [0.2, 0.25) is 0 Å². The minimum atomic E-state index is -0.283. The summed E-state index contributed by atoms with van der Waals surface area (Å²) in [4.78, 5) is 8.68. The van der Waals surface area contributed by atoms with Crippen molar-refractivity contribution >= 4 is 11.9 Å². The summed E-state index contributed by atoms with van der Waals surface area (Å²) >= 11 is 0. The molecule has 1 aromatic heterocycles. The van der Waals surface area contributed by atoms with Crippen molar-refractivity contribution in [2.45, 2.75) is 5.41 Å². The summed E-state index contributed by atoms with van der Waals surface area (Å²) in [6, 6.07) is 3.85. The summed E-state index contributed by atoms with van der Waals surface area (Å²) in [7, 11) is 0. The first-order chi connectivity index (χ1) is 6.91. The Morgan fingerprint density at radius 3 is 2.93 bits per heavy atom. The summed E-state index contributed by atoms with van der Waals surface area (Å²) < 4.78 is 5.02. The number of nitrogens with zero attached hydrogens (tertiary/aromatic N) is 2. The molecule has 0 radical (unpaired) electrons. The van der Waals surface area contributed by atoms with Gasteiger partial charge in [-0.15, -0.1) is 0 Å². The molecule has 0 saturated heterocycles. The Kier molecular flexibility index (Phi) is 1.36. The molecule has 1 spiro atoms. The van der Waals surface area contributed by atoms with E-state index in [0.29, 0.717) is 0 Å². The Morgan fingerprint density at radius 2 is 2.07 bits per heavy atom. The first-order valence-electron chi connectivity index (χ1n) is 4.42. The van der Waals surface area contributed by atoms with E-state index in [4.69, 9.17) is 4.74 Å². The van der Waals surface area contributed by atoms with Crippen molar-refractivity contribution in [1.29, 1.82) is 0 Å². The smallest absolute Gasteiger partial charge is 0.0924 e. The van der Waals surface area contributed by atoms with Gasteiger partial charge in [-0.1, -0.05) is 0 Å². The molecule has 14 heavy (non-hydrogen) atoms. The van der Waals surface area contributed by atoms with Crippen molar-refractivity contribution in [3.63, 3.8) is 0 Å². The fraction of sp³-hybridized carbons (Fsp3) is 0.0909. The van der Waals surface area contributed by atoms with Gasteiger partial charge in [-0.2, -0.15) is 0 Å². The Labute approximate surface area is 81.5 Å². The number of hydrogen-bond donors (Lipinski definition) is 0. The Bertz CT molecular complexity index is 448. The lowest BCUT2D eigenvalue weighted by atomic mass is 9.86. The predicted octanol–water partition coefficient (Wildman–Crippen LogP) is 2.09. The fourth-order valence-electron chi connectivity index (χ4n) is 1.72. The van der Waals surface area contributed by atoms with E-state index >= 15 is 0 Å². The highest BCUT2D eigenvalue weighted by Crippen LogP contribution is 2.38. The van der Waals surface area contributed by atoms with Crippen LogP contribution < -0.4 is 0 Å². The van der Waals surface area contributed by atoms with Crippen LogP contribution in [0.1, 0.15) is 5.69 Å². The highest BCUT2D eigenvalue weighted by molar-refractivity contribution is 5.88. The number of hydrogen-bond acceptors (Lipinski definition) is 3. The molecule has 0 saturated carbocycles. The van der Waals surface area contributed by atoms with Crippen molar-refractivity contribution in [3.8, 4) is 0 Å². The van der Waals surface area contributed by atoms with Gasteiger partial charge in [0.05, 0.1) is 29.3 Å². The first kappa shape index (κ1) is 7.50. The molecule has 3 heteroatoms. The number of pyridine rings is 1. The number of fused-ring (bicyclic) bond motifs is 2. The first-order valence-corrected chi connectivity index (χ1v) is 4.42. The summed E-state index contributed by atoms with van der Waals surface area (Å²) in [5, 5.41) is 0. The molecule has 0 bridgehead atoms. The Morgan fingerprint density at radius 1 is 1.21 bits per heavy atom. The highest BCUT2D eigenvalue weighted by atomic mass is 16.5. The summed E-state index contributed by atoms with van der Waals surface area (Å²) in [5.41, 5.74) is 1.62. The third kappa shape index (κ3) is 0.865. The molecule has 0 amide bonds. The third-order valence-electron chi connectivity index (χ3n) is 2.46. The van der Waals surface area contributed by atoms with Gasteiger partial charge in [-0.25, -0.2) is 0 Å². The van der Waals surface area contributed by atoms with Gasteiger partial charge in [0, 0.05) is 12.4 Å². The van der Waals surface area contributed by atoms with E-state index in [9.17, 15) is 0 Å². The van der Waals surface area contributed by atoms with Gasteiger partial charge in [0.25, 0.3) is 0 Å². The molecule has 3 heterocycles. The molecule has 0 fully saturated rings. The van der Waals surface area contributed by atoms with E-state index in [2.05, 4.69) is 9.98 Å². The van der Waals surface area contributed by atoms with Gasteiger partial charge in [-0.3, -0.25) is 9.98 Å². The molecule has 0 atom stereocenters. The number of aromatic nitrogens is 1. The minimum Gasteiger partial charge on any atom is -0.473 e. The topological polar surface area (TPSA) is 34.5 Å². The normalized spacial score (nSPS) is 19.7. The molecule has 0 unspecified atom stereocenters. The molecule has 3 nitrogen and oxygen atoms in total. The van der Waals surface area contributed by atoms with Crippen molar-refractivity contribution in [3.05, 3.63) is 48.7 Å². The maximum Gasteiger partial charge on any atom is 0.0924 e. The van der Waals surface area contributed by atoms with Gasteiger partial charge in [0.1, 0.15) is 0 Å². The van der Waals surface area contributed by atoms with Crippen LogP contribution in [-0.2, 0) is 10.2 Å². The van der Waals surface area contributed by atoms with Crippen LogP contribution >= 0.6 is 0 Å². The van der Waals surface area contributed by atoms with Gasteiger partial charge in [0.15, 0.2) is 0 Å². The lowest BCUT2D eigenvalue weighted by Crippen LogP contribution is -2.22. The van der Waals surface area contributed by atoms with Crippen LogP contribution in [0.25, 0.3) is 0 Å². The van der Waals surface area contributed by atoms with E-state index in [1.807, 2.05) is 30.5 Å². The van der Waals surface area contributed by atoms with Crippen LogP contribution in [0.4, 0.5) is 5.69 Å². The minimum absolute atomic E-state index is 0.283. The number of aliphatic imine (C=N–C) groups is 1. The highest BCUT2D eigenvalue weighted by Gasteiger charge is 2.34. The largest absolute Gasteiger partial charge is 0.473 e. The molecular formula is C11H8N2O. The summed E-state index contributed by atoms with van der Waals surface area (Å²) in [6.07, 6.45) is 10.9. The van der Waals surface area contributed by atoms with E-state index < -0.39 is 0 Å². The van der Waals surface area contributed by atoms with E-state index in [1.165, 1.54) is 0 Å². The second-order valence-electron chi connectivity index (χ2n) is 3.30. The molecule has 0 aliphatic carbocycles. The van der Waals surface area contributed by atoms with Crippen molar-refractivity contribution < 1.29 is 4.74 Å². The standard InChI is InChI=1S/C11H8N2O/c1-2-9-10(12-5-1)11(8-13-9)3-6-14-7-4-11/h1-8H. The molecule has 2 aliphatic rings. The zero-order chi connectivity index (χ0) is 9.43. The molecule has 0 aromatic carbocycles. The average molecular weight is 184 g/mol. The van der Waals surface area contributed by atoms with Gasteiger partial charge < -0.3 is 4.74 Å². The molecular weight excluding hydrogens is 176 g/mol. The SMILES string of the molecule is C1=CC2(C=CO1)C=Nc1cccnc12. The van der Waals surface area contributed by atoms with Gasteiger partial charge >= 0.3 is 0 Å². The lowest BCUT2D eigenvalue weighted by molar-refractivity contribution is 0.386.